The summed E-state index contributed by atoms with van der Waals surface area (Å²) in [6.07, 6.45) is 0. The molecule has 0 spiro atoms. The van der Waals surface area contributed by atoms with Gasteiger partial charge in [0.05, 0.1) is 11.0 Å². The number of hydrogen-bond donors (Lipinski definition) is 1. The fourth-order valence-corrected chi connectivity index (χ4v) is 2.61. The van der Waals surface area contributed by atoms with Gasteiger partial charge in [-0.05, 0) is 37.1 Å². The molecule has 0 atom stereocenters. The second-order valence-electron chi connectivity index (χ2n) is 5.00. The Morgan fingerprint density at radius 3 is 2.26 bits per heavy atom. The Morgan fingerprint density at radius 2 is 1.63 bits per heavy atom. The molecule has 5 heteroatoms. The largest absolute Gasteiger partial charge is 0.351 e. The Balaban J connectivity index is 2.10. The summed E-state index contributed by atoms with van der Waals surface area (Å²) in [5.41, 5.74) is 4.23. The van der Waals surface area contributed by atoms with E-state index in [2.05, 4.69) is 35.1 Å². The number of fused-ring (bicyclic) bond motifs is 1. The number of nitrogens with zero attached hydrogens (tertiary/aromatic N) is 3. The topological polar surface area (TPSA) is 41.1 Å². The summed E-state index contributed by atoms with van der Waals surface area (Å²) in [6.45, 7) is 7.94. The van der Waals surface area contributed by atoms with Crippen LogP contribution in [0.5, 0.6) is 0 Å². The highest BCUT2D eigenvalue weighted by atomic mass is 35.5. The summed E-state index contributed by atoms with van der Waals surface area (Å²) >= 11 is 6.29. The van der Waals surface area contributed by atoms with Gasteiger partial charge in [-0.1, -0.05) is 11.6 Å². The normalized spacial score (nSPS) is 16.1. The van der Waals surface area contributed by atoms with Gasteiger partial charge < -0.3 is 10.2 Å². The average molecular weight is 277 g/mol. The summed E-state index contributed by atoms with van der Waals surface area (Å²) in [5.74, 6) is 0.805. The first-order valence-electron chi connectivity index (χ1n) is 6.55. The quantitative estimate of drug-likeness (QED) is 0.868. The standard InChI is InChI=1S/C14H17ClN4/c1-9-7-11-12(8-10(9)2)18-14(13(15)17-11)19-5-3-16-4-6-19/h7-8,16H,3-6H2,1-2H3. The molecule has 0 bridgehead atoms. The third-order valence-corrected chi connectivity index (χ3v) is 3.89. The van der Waals surface area contributed by atoms with Crippen LogP contribution in [-0.4, -0.2) is 36.1 Å². The third-order valence-electron chi connectivity index (χ3n) is 3.64. The van der Waals surface area contributed by atoms with Crippen LogP contribution in [0.2, 0.25) is 5.15 Å². The second-order valence-corrected chi connectivity index (χ2v) is 5.36. The van der Waals surface area contributed by atoms with Crippen molar-refractivity contribution < 1.29 is 0 Å². The minimum Gasteiger partial charge on any atom is -0.351 e. The Morgan fingerprint density at radius 1 is 1.05 bits per heavy atom. The number of hydrogen-bond acceptors (Lipinski definition) is 4. The van der Waals surface area contributed by atoms with E-state index in [-0.39, 0.29) is 0 Å². The molecule has 3 rings (SSSR count). The Labute approximate surface area is 117 Å². The molecule has 0 radical (unpaired) electrons. The summed E-state index contributed by atoms with van der Waals surface area (Å²) in [5, 5.41) is 3.82. The molecular weight excluding hydrogens is 260 g/mol. The molecule has 0 amide bonds. The summed E-state index contributed by atoms with van der Waals surface area (Å²) < 4.78 is 0. The molecule has 1 aromatic carbocycles. The van der Waals surface area contributed by atoms with Crippen molar-refractivity contribution in [1.29, 1.82) is 0 Å². The van der Waals surface area contributed by atoms with Crippen LogP contribution < -0.4 is 10.2 Å². The van der Waals surface area contributed by atoms with Gasteiger partial charge in [-0.25, -0.2) is 9.97 Å². The first-order valence-corrected chi connectivity index (χ1v) is 6.93. The molecule has 19 heavy (non-hydrogen) atoms. The van der Waals surface area contributed by atoms with Crippen molar-refractivity contribution in [1.82, 2.24) is 15.3 Å². The highest BCUT2D eigenvalue weighted by molar-refractivity contribution is 6.32. The van der Waals surface area contributed by atoms with E-state index in [4.69, 9.17) is 16.6 Å². The highest BCUT2D eigenvalue weighted by Gasteiger charge is 2.17. The third kappa shape index (κ3) is 2.38. The van der Waals surface area contributed by atoms with Gasteiger partial charge in [-0.3, -0.25) is 0 Å². The predicted molar refractivity (Wildman–Crippen MR) is 79.1 cm³/mol. The Hall–Kier alpha value is -1.39. The van der Waals surface area contributed by atoms with Gasteiger partial charge in [0, 0.05) is 26.2 Å². The van der Waals surface area contributed by atoms with E-state index in [1.807, 2.05) is 6.07 Å². The zero-order valence-electron chi connectivity index (χ0n) is 11.2. The van der Waals surface area contributed by atoms with Crippen LogP contribution in [0, 0.1) is 13.8 Å². The van der Waals surface area contributed by atoms with Gasteiger partial charge in [0.25, 0.3) is 0 Å². The number of piperazine rings is 1. The second kappa shape index (κ2) is 4.94. The van der Waals surface area contributed by atoms with E-state index in [1.54, 1.807) is 0 Å². The van der Waals surface area contributed by atoms with Gasteiger partial charge >= 0.3 is 0 Å². The molecule has 1 aliphatic rings. The number of benzene rings is 1. The average Bonchev–Trinajstić information content (AvgIpc) is 2.41. The lowest BCUT2D eigenvalue weighted by Crippen LogP contribution is -2.44. The van der Waals surface area contributed by atoms with Crippen LogP contribution in [0.3, 0.4) is 0 Å². The summed E-state index contributed by atoms with van der Waals surface area (Å²) in [4.78, 5) is 11.4. The van der Waals surface area contributed by atoms with Crippen LogP contribution in [0.1, 0.15) is 11.1 Å². The number of rotatable bonds is 1. The zero-order valence-corrected chi connectivity index (χ0v) is 12.0. The van der Waals surface area contributed by atoms with Crippen LogP contribution >= 0.6 is 11.6 Å². The van der Waals surface area contributed by atoms with E-state index in [0.29, 0.717) is 5.15 Å². The maximum atomic E-state index is 6.29. The maximum Gasteiger partial charge on any atom is 0.172 e. The maximum absolute atomic E-state index is 6.29. The van der Waals surface area contributed by atoms with E-state index < -0.39 is 0 Å². The molecule has 0 aliphatic carbocycles. The van der Waals surface area contributed by atoms with E-state index in [1.165, 1.54) is 11.1 Å². The Bertz CT molecular complexity index is 620. The molecule has 100 valence electrons. The van der Waals surface area contributed by atoms with Crippen LogP contribution in [0.4, 0.5) is 5.82 Å². The van der Waals surface area contributed by atoms with Crippen molar-refractivity contribution in [3.05, 3.63) is 28.4 Å². The molecular formula is C14H17ClN4. The molecule has 0 unspecified atom stereocenters. The zero-order chi connectivity index (χ0) is 13.4. The molecule has 2 heterocycles. The monoisotopic (exact) mass is 276 g/mol. The van der Waals surface area contributed by atoms with E-state index in [0.717, 1.165) is 43.0 Å². The molecule has 1 N–H and O–H groups in total. The van der Waals surface area contributed by atoms with Crippen molar-refractivity contribution in [3.8, 4) is 0 Å². The predicted octanol–water partition coefficient (Wildman–Crippen LogP) is 2.31. The minimum atomic E-state index is 0.498. The van der Waals surface area contributed by atoms with Gasteiger partial charge in [0.1, 0.15) is 0 Å². The summed E-state index contributed by atoms with van der Waals surface area (Å²) in [6, 6.07) is 4.13. The first kappa shape index (κ1) is 12.6. The van der Waals surface area contributed by atoms with Crippen molar-refractivity contribution in [2.24, 2.45) is 0 Å². The van der Waals surface area contributed by atoms with Crippen molar-refractivity contribution in [2.45, 2.75) is 13.8 Å². The van der Waals surface area contributed by atoms with Crippen molar-refractivity contribution in [3.63, 3.8) is 0 Å². The molecule has 1 aromatic heterocycles. The Kier molecular flexibility index (Phi) is 3.29. The molecule has 1 saturated heterocycles. The number of nitrogens with one attached hydrogen (secondary N) is 1. The molecule has 1 fully saturated rings. The van der Waals surface area contributed by atoms with Gasteiger partial charge in [-0.2, -0.15) is 0 Å². The first-order chi connectivity index (χ1) is 9.15. The molecule has 1 aliphatic heterocycles. The fraction of sp³-hybridized carbons (Fsp3) is 0.429. The van der Waals surface area contributed by atoms with Crippen LogP contribution in [0.25, 0.3) is 11.0 Å². The SMILES string of the molecule is Cc1cc2nc(Cl)c(N3CCNCC3)nc2cc1C. The molecule has 2 aromatic rings. The van der Waals surface area contributed by atoms with Crippen molar-refractivity contribution in [2.75, 3.05) is 31.1 Å². The number of aromatic nitrogens is 2. The minimum absolute atomic E-state index is 0.498. The number of aryl methyl sites for hydroxylation is 2. The van der Waals surface area contributed by atoms with Crippen LogP contribution in [-0.2, 0) is 0 Å². The lowest BCUT2D eigenvalue weighted by molar-refractivity contribution is 0.585. The molecule has 4 nitrogen and oxygen atoms in total. The molecule has 0 saturated carbocycles. The number of halogens is 1. The smallest absolute Gasteiger partial charge is 0.172 e. The van der Waals surface area contributed by atoms with Crippen molar-refractivity contribution >= 4 is 28.5 Å². The van der Waals surface area contributed by atoms with Crippen LogP contribution in [0.15, 0.2) is 12.1 Å². The fourth-order valence-electron chi connectivity index (χ4n) is 2.36. The van der Waals surface area contributed by atoms with E-state index >= 15 is 0 Å². The van der Waals surface area contributed by atoms with Gasteiger partial charge in [0.15, 0.2) is 11.0 Å². The van der Waals surface area contributed by atoms with Gasteiger partial charge in [-0.15, -0.1) is 0 Å². The lowest BCUT2D eigenvalue weighted by atomic mass is 10.1. The highest BCUT2D eigenvalue weighted by Crippen LogP contribution is 2.26. The van der Waals surface area contributed by atoms with Gasteiger partial charge in [0.2, 0.25) is 0 Å². The number of anilines is 1. The lowest BCUT2D eigenvalue weighted by Gasteiger charge is -2.28. The summed E-state index contributed by atoms with van der Waals surface area (Å²) in [7, 11) is 0. The van der Waals surface area contributed by atoms with E-state index in [9.17, 15) is 0 Å².